The van der Waals surface area contributed by atoms with E-state index in [1.54, 1.807) is 10.8 Å². The van der Waals surface area contributed by atoms with Gasteiger partial charge in [-0.25, -0.2) is 4.98 Å². The number of hydrogen-bond acceptors (Lipinski definition) is 2. The molecule has 0 amide bonds. The Balaban J connectivity index is 2.23. The highest BCUT2D eigenvalue weighted by atomic mass is 35.5. The molecule has 0 saturated carbocycles. The van der Waals surface area contributed by atoms with Gasteiger partial charge < -0.3 is 0 Å². The van der Waals surface area contributed by atoms with Crippen LogP contribution < -0.4 is 5.56 Å². The maximum absolute atomic E-state index is 13.0. The SMILES string of the molecule is CC(C)CCn1c(=O)c(-c2cccc(Cl)c2)cc2cccnc21. The summed E-state index contributed by atoms with van der Waals surface area (Å²) in [6, 6.07) is 13.2. The van der Waals surface area contributed by atoms with Crippen LogP contribution in [0.3, 0.4) is 0 Å². The molecule has 3 rings (SSSR count). The van der Waals surface area contributed by atoms with Crippen LogP contribution in [0.4, 0.5) is 0 Å². The van der Waals surface area contributed by atoms with Crippen LogP contribution in [0.25, 0.3) is 22.2 Å². The summed E-state index contributed by atoms with van der Waals surface area (Å²) < 4.78 is 1.78. The Morgan fingerprint density at radius 3 is 2.74 bits per heavy atom. The molecule has 0 aliphatic rings. The van der Waals surface area contributed by atoms with Crippen LogP contribution >= 0.6 is 11.6 Å². The van der Waals surface area contributed by atoms with Gasteiger partial charge in [0.05, 0.1) is 0 Å². The first-order valence-corrected chi connectivity index (χ1v) is 8.18. The topological polar surface area (TPSA) is 34.9 Å². The molecule has 0 bridgehead atoms. The minimum atomic E-state index is -0.0147. The number of hydrogen-bond donors (Lipinski definition) is 0. The van der Waals surface area contributed by atoms with Crippen molar-refractivity contribution in [1.82, 2.24) is 9.55 Å². The zero-order valence-corrected chi connectivity index (χ0v) is 14.0. The number of benzene rings is 1. The lowest BCUT2D eigenvalue weighted by atomic mass is 10.1. The molecule has 0 N–H and O–H groups in total. The third-order valence-electron chi connectivity index (χ3n) is 3.91. The molecule has 2 aromatic heterocycles. The number of fused-ring (bicyclic) bond motifs is 1. The van der Waals surface area contributed by atoms with Crippen molar-refractivity contribution in [3.8, 4) is 11.1 Å². The Hall–Kier alpha value is -2.13. The van der Waals surface area contributed by atoms with Crippen molar-refractivity contribution < 1.29 is 0 Å². The normalized spacial score (nSPS) is 11.3. The number of pyridine rings is 2. The largest absolute Gasteiger partial charge is 0.292 e. The van der Waals surface area contributed by atoms with Gasteiger partial charge in [-0.1, -0.05) is 37.6 Å². The van der Waals surface area contributed by atoms with Crippen LogP contribution in [0.1, 0.15) is 20.3 Å². The Bertz CT molecular complexity index is 899. The average Bonchev–Trinajstić information content (AvgIpc) is 2.53. The number of aryl methyl sites for hydroxylation is 1. The molecule has 4 heteroatoms. The Kier molecular flexibility index (Phi) is 4.49. The summed E-state index contributed by atoms with van der Waals surface area (Å²) in [5.74, 6) is 0.524. The molecule has 0 unspecified atom stereocenters. The van der Waals surface area contributed by atoms with Crippen LogP contribution in [-0.2, 0) is 6.54 Å². The first kappa shape index (κ1) is 15.8. The first-order valence-electron chi connectivity index (χ1n) is 7.81. The monoisotopic (exact) mass is 326 g/mol. The van der Waals surface area contributed by atoms with E-state index in [2.05, 4.69) is 18.8 Å². The van der Waals surface area contributed by atoms with E-state index >= 15 is 0 Å². The van der Waals surface area contributed by atoms with Crippen molar-refractivity contribution in [1.29, 1.82) is 0 Å². The summed E-state index contributed by atoms with van der Waals surface area (Å²) in [6.07, 6.45) is 2.66. The van der Waals surface area contributed by atoms with Gasteiger partial charge in [0.1, 0.15) is 5.65 Å². The van der Waals surface area contributed by atoms with E-state index in [0.717, 1.165) is 23.0 Å². The fourth-order valence-electron chi connectivity index (χ4n) is 2.66. The van der Waals surface area contributed by atoms with Crippen molar-refractivity contribution in [2.75, 3.05) is 0 Å². The number of rotatable bonds is 4. The Morgan fingerprint density at radius 1 is 1.17 bits per heavy atom. The quantitative estimate of drug-likeness (QED) is 0.692. The molecule has 0 aliphatic heterocycles. The van der Waals surface area contributed by atoms with Gasteiger partial charge in [-0.05, 0) is 48.2 Å². The fourth-order valence-corrected chi connectivity index (χ4v) is 2.85. The zero-order chi connectivity index (χ0) is 16.4. The molecule has 3 aromatic rings. The summed E-state index contributed by atoms with van der Waals surface area (Å²) in [5.41, 5.74) is 2.23. The van der Waals surface area contributed by atoms with E-state index in [1.807, 2.05) is 42.5 Å². The number of halogens is 1. The average molecular weight is 327 g/mol. The van der Waals surface area contributed by atoms with Gasteiger partial charge in [0.25, 0.3) is 5.56 Å². The van der Waals surface area contributed by atoms with E-state index in [9.17, 15) is 4.79 Å². The van der Waals surface area contributed by atoms with Gasteiger partial charge in [0.2, 0.25) is 0 Å². The smallest absolute Gasteiger partial charge is 0.260 e. The van der Waals surface area contributed by atoms with Crippen molar-refractivity contribution in [2.24, 2.45) is 5.92 Å². The first-order chi connectivity index (χ1) is 11.1. The van der Waals surface area contributed by atoms with Crippen LogP contribution in [0.5, 0.6) is 0 Å². The third kappa shape index (κ3) is 3.30. The molecule has 0 radical (unpaired) electrons. The molecule has 0 aliphatic carbocycles. The fraction of sp³-hybridized carbons (Fsp3) is 0.263. The van der Waals surface area contributed by atoms with Gasteiger partial charge in [-0.2, -0.15) is 0 Å². The summed E-state index contributed by atoms with van der Waals surface area (Å²) in [6.45, 7) is 4.97. The van der Waals surface area contributed by atoms with E-state index in [0.29, 0.717) is 23.0 Å². The molecule has 0 atom stereocenters. The predicted octanol–water partition coefficient (Wildman–Crippen LogP) is 4.76. The van der Waals surface area contributed by atoms with Crippen LogP contribution in [0.15, 0.2) is 53.5 Å². The van der Waals surface area contributed by atoms with E-state index in [-0.39, 0.29) is 5.56 Å². The lowest BCUT2D eigenvalue weighted by Gasteiger charge is -2.13. The summed E-state index contributed by atoms with van der Waals surface area (Å²) in [7, 11) is 0. The van der Waals surface area contributed by atoms with Crippen LogP contribution in [0, 0.1) is 5.92 Å². The molecule has 1 aromatic carbocycles. The molecule has 0 spiro atoms. The molecule has 2 heterocycles. The van der Waals surface area contributed by atoms with Crippen molar-refractivity contribution >= 4 is 22.6 Å². The minimum Gasteiger partial charge on any atom is -0.292 e. The lowest BCUT2D eigenvalue weighted by Crippen LogP contribution is -2.23. The number of nitrogens with zero attached hydrogens (tertiary/aromatic N) is 2. The van der Waals surface area contributed by atoms with E-state index in [4.69, 9.17) is 11.6 Å². The van der Waals surface area contributed by atoms with Crippen molar-refractivity contribution in [3.05, 3.63) is 64.0 Å². The maximum atomic E-state index is 13.0. The van der Waals surface area contributed by atoms with E-state index in [1.165, 1.54) is 0 Å². The van der Waals surface area contributed by atoms with Gasteiger partial charge in [0, 0.05) is 28.7 Å². The van der Waals surface area contributed by atoms with Crippen molar-refractivity contribution in [2.45, 2.75) is 26.8 Å². The lowest BCUT2D eigenvalue weighted by molar-refractivity contribution is 0.515. The second-order valence-electron chi connectivity index (χ2n) is 6.12. The highest BCUT2D eigenvalue weighted by molar-refractivity contribution is 6.30. The minimum absolute atomic E-state index is 0.0147. The second kappa shape index (κ2) is 6.55. The predicted molar refractivity (Wildman–Crippen MR) is 95.9 cm³/mol. The zero-order valence-electron chi connectivity index (χ0n) is 13.3. The summed E-state index contributed by atoms with van der Waals surface area (Å²) in [5, 5.41) is 1.59. The molecule has 118 valence electrons. The van der Waals surface area contributed by atoms with E-state index < -0.39 is 0 Å². The van der Waals surface area contributed by atoms with Gasteiger partial charge >= 0.3 is 0 Å². The van der Waals surface area contributed by atoms with Crippen molar-refractivity contribution in [3.63, 3.8) is 0 Å². The number of aromatic nitrogens is 2. The van der Waals surface area contributed by atoms with Crippen LogP contribution in [-0.4, -0.2) is 9.55 Å². The Labute approximate surface area is 140 Å². The molecule has 0 saturated heterocycles. The Morgan fingerprint density at radius 2 is 2.00 bits per heavy atom. The standard InChI is InChI=1S/C19H19ClN2O/c1-13(2)8-10-22-18-15(6-4-9-21-18)12-17(19(22)23)14-5-3-7-16(20)11-14/h3-7,9,11-13H,8,10H2,1-2H3. The van der Waals surface area contributed by atoms with Gasteiger partial charge in [0.15, 0.2) is 0 Å². The summed E-state index contributed by atoms with van der Waals surface area (Å²) in [4.78, 5) is 17.4. The van der Waals surface area contributed by atoms with Gasteiger partial charge in [-0.3, -0.25) is 9.36 Å². The third-order valence-corrected chi connectivity index (χ3v) is 4.15. The molecular formula is C19H19ClN2O. The molecule has 3 nitrogen and oxygen atoms in total. The van der Waals surface area contributed by atoms with Crippen LogP contribution in [0.2, 0.25) is 5.02 Å². The maximum Gasteiger partial charge on any atom is 0.260 e. The molecular weight excluding hydrogens is 308 g/mol. The summed E-state index contributed by atoms with van der Waals surface area (Å²) >= 11 is 6.09. The molecule has 23 heavy (non-hydrogen) atoms. The molecule has 0 fully saturated rings. The highest BCUT2D eigenvalue weighted by Gasteiger charge is 2.12. The van der Waals surface area contributed by atoms with Gasteiger partial charge in [-0.15, -0.1) is 0 Å². The second-order valence-corrected chi connectivity index (χ2v) is 6.56. The highest BCUT2D eigenvalue weighted by Crippen LogP contribution is 2.23.